The van der Waals surface area contributed by atoms with Crippen LogP contribution in [0.25, 0.3) is 6.08 Å². The molecular weight excluding hydrogens is 356 g/mol. The summed E-state index contributed by atoms with van der Waals surface area (Å²) in [6.07, 6.45) is 4.23. The van der Waals surface area contributed by atoms with E-state index in [2.05, 4.69) is 0 Å². The molecule has 25 heavy (non-hydrogen) atoms. The van der Waals surface area contributed by atoms with Crippen LogP contribution in [0.1, 0.15) is 24.8 Å². The van der Waals surface area contributed by atoms with Crippen LogP contribution in [0, 0.1) is 0 Å². The Hall–Kier alpha value is -1.86. The summed E-state index contributed by atoms with van der Waals surface area (Å²) in [5, 5.41) is 0. The Morgan fingerprint density at radius 1 is 1.32 bits per heavy atom. The average Bonchev–Trinajstić information content (AvgIpc) is 3.23. The van der Waals surface area contributed by atoms with Gasteiger partial charge in [-0.1, -0.05) is 42.2 Å². The van der Waals surface area contributed by atoms with Gasteiger partial charge in [0.05, 0.1) is 12.0 Å². The third kappa shape index (κ3) is 4.04. The van der Waals surface area contributed by atoms with Gasteiger partial charge in [-0.2, -0.15) is 0 Å². The Balaban J connectivity index is 1.67. The second-order valence-corrected chi connectivity index (χ2v) is 7.59. The number of carbonyl (C=O) groups is 2. The summed E-state index contributed by atoms with van der Waals surface area (Å²) in [7, 11) is 1.60. The van der Waals surface area contributed by atoms with Gasteiger partial charge in [0.25, 0.3) is 5.91 Å². The number of rotatable bonds is 5. The number of para-hydroxylation sites is 1. The molecule has 0 atom stereocenters. The SMILES string of the molecule is COc1ccccc1/C=C1\SC(=S)N(CCC(=O)N2CCCC2)C1=O. The zero-order valence-corrected chi connectivity index (χ0v) is 15.7. The molecule has 7 heteroatoms. The molecule has 132 valence electrons. The van der Waals surface area contributed by atoms with Crippen LogP contribution in [0.3, 0.4) is 0 Å². The van der Waals surface area contributed by atoms with Crippen LogP contribution in [0.4, 0.5) is 0 Å². The normalized spacial score (nSPS) is 19.2. The molecule has 0 saturated carbocycles. The lowest BCUT2D eigenvalue weighted by atomic mass is 10.2. The monoisotopic (exact) mass is 376 g/mol. The molecule has 5 nitrogen and oxygen atoms in total. The molecule has 2 aliphatic heterocycles. The number of amides is 2. The van der Waals surface area contributed by atoms with E-state index in [4.69, 9.17) is 17.0 Å². The van der Waals surface area contributed by atoms with Gasteiger partial charge in [0.1, 0.15) is 10.1 Å². The van der Waals surface area contributed by atoms with Crippen LogP contribution in [0.15, 0.2) is 29.2 Å². The molecule has 2 aliphatic rings. The van der Waals surface area contributed by atoms with Crippen molar-refractivity contribution in [3.05, 3.63) is 34.7 Å². The average molecular weight is 377 g/mol. The molecule has 2 amide bonds. The standard InChI is InChI=1S/C18H20N2O3S2/c1-23-14-7-3-2-6-13(14)12-15-17(22)20(18(24)25-15)11-8-16(21)19-9-4-5-10-19/h2-3,6-7,12H,4-5,8-11H2,1H3/b15-12-. The Morgan fingerprint density at radius 3 is 2.76 bits per heavy atom. The van der Waals surface area contributed by atoms with E-state index < -0.39 is 0 Å². The van der Waals surface area contributed by atoms with Gasteiger partial charge in [-0.3, -0.25) is 14.5 Å². The first-order valence-corrected chi connectivity index (χ1v) is 9.49. The van der Waals surface area contributed by atoms with Crippen molar-refractivity contribution in [3.8, 4) is 5.75 Å². The van der Waals surface area contributed by atoms with E-state index >= 15 is 0 Å². The Bertz CT molecular complexity index is 727. The maximum absolute atomic E-state index is 12.6. The van der Waals surface area contributed by atoms with Crippen molar-refractivity contribution >= 4 is 46.2 Å². The van der Waals surface area contributed by atoms with Crippen LogP contribution in [-0.4, -0.2) is 52.7 Å². The third-order valence-electron chi connectivity index (χ3n) is 4.31. The van der Waals surface area contributed by atoms with E-state index in [0.717, 1.165) is 31.5 Å². The number of methoxy groups -OCH3 is 1. The lowest BCUT2D eigenvalue weighted by Gasteiger charge is -2.18. The van der Waals surface area contributed by atoms with Crippen LogP contribution in [0.5, 0.6) is 5.75 Å². The molecule has 2 saturated heterocycles. The van der Waals surface area contributed by atoms with Gasteiger partial charge in [0.15, 0.2) is 0 Å². The number of hydrogen-bond donors (Lipinski definition) is 0. The van der Waals surface area contributed by atoms with E-state index in [1.54, 1.807) is 13.2 Å². The molecule has 2 fully saturated rings. The Labute approximate surface area is 157 Å². The fourth-order valence-electron chi connectivity index (χ4n) is 2.95. The summed E-state index contributed by atoms with van der Waals surface area (Å²) in [4.78, 5) is 28.8. The molecule has 1 aromatic rings. The molecular formula is C18H20N2O3S2. The van der Waals surface area contributed by atoms with Gasteiger partial charge in [0, 0.05) is 31.6 Å². The number of likely N-dealkylation sites (tertiary alicyclic amines) is 1. The molecule has 0 aromatic heterocycles. The zero-order valence-electron chi connectivity index (χ0n) is 14.1. The highest BCUT2D eigenvalue weighted by molar-refractivity contribution is 8.26. The summed E-state index contributed by atoms with van der Waals surface area (Å²) in [6.45, 7) is 1.99. The Morgan fingerprint density at radius 2 is 2.04 bits per heavy atom. The molecule has 2 heterocycles. The lowest BCUT2D eigenvalue weighted by Crippen LogP contribution is -2.34. The summed E-state index contributed by atoms with van der Waals surface area (Å²) in [5.74, 6) is 0.660. The summed E-state index contributed by atoms with van der Waals surface area (Å²) in [5.41, 5.74) is 0.832. The number of nitrogens with zero attached hydrogens (tertiary/aromatic N) is 2. The Kier molecular flexibility index (Phi) is 5.75. The van der Waals surface area contributed by atoms with Gasteiger partial charge in [-0.15, -0.1) is 0 Å². The van der Waals surface area contributed by atoms with Crippen LogP contribution in [-0.2, 0) is 9.59 Å². The molecule has 0 unspecified atom stereocenters. The smallest absolute Gasteiger partial charge is 0.266 e. The fraction of sp³-hybridized carbons (Fsp3) is 0.389. The van der Waals surface area contributed by atoms with Crippen molar-refractivity contribution in [2.24, 2.45) is 0 Å². The number of benzene rings is 1. The fourth-order valence-corrected chi connectivity index (χ4v) is 4.25. The highest BCUT2D eigenvalue weighted by Crippen LogP contribution is 2.34. The van der Waals surface area contributed by atoms with Crippen LogP contribution in [0.2, 0.25) is 0 Å². The number of ether oxygens (including phenoxy) is 1. The zero-order chi connectivity index (χ0) is 17.8. The lowest BCUT2D eigenvalue weighted by molar-refractivity contribution is -0.130. The molecule has 0 radical (unpaired) electrons. The molecule has 0 N–H and O–H groups in total. The number of carbonyl (C=O) groups excluding carboxylic acids is 2. The number of thioether (sulfide) groups is 1. The van der Waals surface area contributed by atoms with Crippen molar-refractivity contribution in [1.29, 1.82) is 0 Å². The van der Waals surface area contributed by atoms with Crippen molar-refractivity contribution in [2.75, 3.05) is 26.7 Å². The maximum atomic E-state index is 12.6. The predicted molar refractivity (Wildman–Crippen MR) is 103 cm³/mol. The minimum atomic E-state index is -0.143. The van der Waals surface area contributed by atoms with Gasteiger partial charge < -0.3 is 9.64 Å². The second-order valence-electron chi connectivity index (χ2n) is 5.91. The quantitative estimate of drug-likeness (QED) is 0.584. The minimum Gasteiger partial charge on any atom is -0.496 e. The molecule has 3 rings (SSSR count). The van der Waals surface area contributed by atoms with E-state index in [0.29, 0.717) is 27.9 Å². The first-order chi connectivity index (χ1) is 12.1. The third-order valence-corrected chi connectivity index (χ3v) is 5.68. The van der Waals surface area contributed by atoms with E-state index in [1.807, 2.05) is 29.2 Å². The van der Waals surface area contributed by atoms with Crippen molar-refractivity contribution in [2.45, 2.75) is 19.3 Å². The van der Waals surface area contributed by atoms with Crippen LogP contribution < -0.4 is 4.74 Å². The molecule has 0 bridgehead atoms. The highest BCUT2D eigenvalue weighted by Gasteiger charge is 2.32. The van der Waals surface area contributed by atoms with Crippen LogP contribution >= 0.6 is 24.0 Å². The van der Waals surface area contributed by atoms with Crippen molar-refractivity contribution in [3.63, 3.8) is 0 Å². The van der Waals surface area contributed by atoms with Gasteiger partial charge in [-0.05, 0) is 25.0 Å². The molecule has 1 aromatic carbocycles. The first kappa shape index (κ1) is 17.9. The summed E-state index contributed by atoms with van der Waals surface area (Å²) < 4.78 is 5.82. The largest absolute Gasteiger partial charge is 0.496 e. The number of thiocarbonyl (C=S) groups is 1. The minimum absolute atomic E-state index is 0.0975. The van der Waals surface area contributed by atoms with Gasteiger partial charge in [-0.25, -0.2) is 0 Å². The number of hydrogen-bond acceptors (Lipinski definition) is 5. The van der Waals surface area contributed by atoms with Crippen molar-refractivity contribution in [1.82, 2.24) is 9.80 Å². The van der Waals surface area contributed by atoms with Gasteiger partial charge in [0.2, 0.25) is 5.91 Å². The first-order valence-electron chi connectivity index (χ1n) is 8.26. The highest BCUT2D eigenvalue weighted by atomic mass is 32.2. The maximum Gasteiger partial charge on any atom is 0.266 e. The predicted octanol–water partition coefficient (Wildman–Crippen LogP) is 2.91. The molecule has 0 aliphatic carbocycles. The van der Waals surface area contributed by atoms with E-state index in [9.17, 15) is 9.59 Å². The summed E-state index contributed by atoms with van der Waals surface area (Å²) in [6, 6.07) is 7.51. The second kappa shape index (κ2) is 8.01. The van der Waals surface area contributed by atoms with Gasteiger partial charge >= 0.3 is 0 Å². The topological polar surface area (TPSA) is 49.9 Å². The van der Waals surface area contributed by atoms with E-state index in [1.165, 1.54) is 16.7 Å². The summed E-state index contributed by atoms with van der Waals surface area (Å²) >= 11 is 6.60. The van der Waals surface area contributed by atoms with E-state index in [-0.39, 0.29) is 11.8 Å². The van der Waals surface area contributed by atoms with Crippen molar-refractivity contribution < 1.29 is 14.3 Å². The molecule has 0 spiro atoms.